The maximum absolute atomic E-state index is 13.9. The number of fused-ring (bicyclic) bond motifs is 1. The zero-order valence-corrected chi connectivity index (χ0v) is 39.8. The van der Waals surface area contributed by atoms with Gasteiger partial charge in [-0.2, -0.15) is 5.26 Å². The van der Waals surface area contributed by atoms with Crippen LogP contribution in [0.3, 0.4) is 0 Å². The van der Waals surface area contributed by atoms with Crippen LogP contribution in [0.4, 0.5) is 0 Å². The minimum absolute atomic E-state index is 0.0139. The lowest BCUT2D eigenvalue weighted by Crippen LogP contribution is -2.58. The van der Waals surface area contributed by atoms with E-state index in [1.165, 1.54) is 4.90 Å². The van der Waals surface area contributed by atoms with E-state index in [1.807, 2.05) is 83.2 Å². The molecule has 1 aromatic heterocycles. The molecule has 2 aliphatic heterocycles. The van der Waals surface area contributed by atoms with Crippen molar-refractivity contribution in [1.82, 2.24) is 30.1 Å². The molecule has 3 heterocycles. The summed E-state index contributed by atoms with van der Waals surface area (Å²) >= 11 is 0. The van der Waals surface area contributed by atoms with Crippen LogP contribution >= 0.6 is 0 Å². The Morgan fingerprint density at radius 3 is 2.36 bits per heavy atom. The van der Waals surface area contributed by atoms with Crippen LogP contribution in [0.2, 0.25) is 0 Å². The molecule has 15 heteroatoms. The predicted octanol–water partition coefficient (Wildman–Crippen LogP) is 5.91. The van der Waals surface area contributed by atoms with Crippen molar-refractivity contribution in [2.75, 3.05) is 46.9 Å². The van der Waals surface area contributed by atoms with Crippen LogP contribution in [-0.4, -0.2) is 121 Å². The summed E-state index contributed by atoms with van der Waals surface area (Å²) in [5.74, 6) is 4.29. The molecule has 3 aromatic rings. The Morgan fingerprint density at radius 2 is 1.76 bits per heavy atom. The van der Waals surface area contributed by atoms with Crippen LogP contribution < -0.4 is 10.7 Å². The van der Waals surface area contributed by atoms with Crippen LogP contribution in [0, 0.1) is 34.6 Å². The molecule has 2 N–H and O–H groups in total. The van der Waals surface area contributed by atoms with E-state index in [-0.39, 0.29) is 36.9 Å². The van der Waals surface area contributed by atoms with Gasteiger partial charge >= 0.3 is 0 Å². The van der Waals surface area contributed by atoms with E-state index in [2.05, 4.69) is 40.3 Å². The van der Waals surface area contributed by atoms with Crippen molar-refractivity contribution >= 4 is 53.8 Å². The minimum Gasteiger partial charge on any atom is -0.467 e. The second-order valence-corrected chi connectivity index (χ2v) is 17.6. The van der Waals surface area contributed by atoms with Gasteiger partial charge in [0.2, 0.25) is 12.3 Å². The summed E-state index contributed by atoms with van der Waals surface area (Å²) in [5, 5.41) is 15.9. The van der Waals surface area contributed by atoms with Crippen molar-refractivity contribution in [2.24, 2.45) is 16.3 Å². The maximum atomic E-state index is 13.9. The van der Waals surface area contributed by atoms with Gasteiger partial charge in [0, 0.05) is 63.8 Å². The Hall–Kier alpha value is -6.55. The number of allylic oxidation sites excluding steroid dienone is 1. The number of carbonyl (C=O) groups excluding carboxylic acids is 5. The normalized spacial score (nSPS) is 15.4. The van der Waals surface area contributed by atoms with Gasteiger partial charge in [0.05, 0.1) is 29.6 Å². The van der Waals surface area contributed by atoms with Gasteiger partial charge in [-0.25, -0.2) is 9.99 Å². The van der Waals surface area contributed by atoms with Crippen LogP contribution in [-0.2, 0) is 46.3 Å². The maximum Gasteiger partial charge on any atom is 0.298 e. The molecule has 0 spiro atoms. The summed E-state index contributed by atoms with van der Waals surface area (Å²) in [6.07, 6.45) is 12.3. The van der Waals surface area contributed by atoms with Gasteiger partial charge in [-0.1, -0.05) is 76.6 Å². The van der Waals surface area contributed by atoms with E-state index in [4.69, 9.17) is 9.47 Å². The lowest BCUT2D eigenvalue weighted by atomic mass is 9.85. The molecule has 2 saturated heterocycles. The van der Waals surface area contributed by atoms with E-state index in [9.17, 15) is 29.2 Å². The van der Waals surface area contributed by atoms with Gasteiger partial charge in [-0.15, -0.1) is 0 Å². The molecule has 0 bridgehead atoms. The molecule has 4 amide bonds. The highest BCUT2D eigenvalue weighted by Crippen LogP contribution is 2.36. The molecule has 66 heavy (non-hydrogen) atoms. The number of hydrogen-bond donors (Lipinski definition) is 2. The number of benzene rings is 2. The molecule has 15 nitrogen and oxygen atoms in total. The zero-order chi connectivity index (χ0) is 48.4. The van der Waals surface area contributed by atoms with Crippen LogP contribution in [0.25, 0.3) is 28.1 Å². The van der Waals surface area contributed by atoms with Crippen molar-refractivity contribution < 1.29 is 33.4 Å². The quantitative estimate of drug-likeness (QED) is 0.0841. The van der Waals surface area contributed by atoms with Crippen molar-refractivity contribution in [3.05, 3.63) is 77.6 Å². The molecule has 0 radical (unpaired) electrons. The van der Waals surface area contributed by atoms with E-state index >= 15 is 0 Å². The number of nitriles is 1. The highest BCUT2D eigenvalue weighted by Gasteiger charge is 2.33. The number of amides is 4. The van der Waals surface area contributed by atoms with Crippen molar-refractivity contribution in [2.45, 2.75) is 98.3 Å². The fourth-order valence-corrected chi connectivity index (χ4v) is 8.21. The van der Waals surface area contributed by atoms with Gasteiger partial charge < -0.3 is 24.6 Å². The number of rotatable bonds is 19. The number of nitrogens with one attached hydrogen (secondary N) is 2. The predicted molar refractivity (Wildman–Crippen MR) is 257 cm³/mol. The number of hydrazine groups is 1. The number of aromatic nitrogens is 1. The Bertz CT molecular complexity index is 2350. The topological polar surface area (TPSA) is 179 Å². The molecule has 0 aliphatic carbocycles. The molecule has 2 aliphatic rings. The number of carbonyl (C=O) groups is 5. The Morgan fingerprint density at radius 1 is 1.05 bits per heavy atom. The third kappa shape index (κ3) is 14.0. The van der Waals surface area contributed by atoms with E-state index in [0.717, 1.165) is 66.4 Å². The Kier molecular flexibility index (Phi) is 19.9. The molecule has 352 valence electrons. The van der Waals surface area contributed by atoms with Gasteiger partial charge in [-0.3, -0.25) is 34.0 Å². The highest BCUT2D eigenvalue weighted by atomic mass is 16.5. The molecular formula is C51H66N8O7. The van der Waals surface area contributed by atoms with E-state index < -0.39 is 23.4 Å². The molecule has 5 rings (SSSR count). The molecule has 2 fully saturated rings. The Labute approximate surface area is 389 Å². The number of likely N-dealkylation sites (N-methyl/N-ethyl adjacent to an activating group) is 1. The first-order valence-corrected chi connectivity index (χ1v) is 22.5. The number of hydrogen-bond acceptors (Lipinski definition) is 10. The summed E-state index contributed by atoms with van der Waals surface area (Å²) in [6.45, 7) is 18.6. The summed E-state index contributed by atoms with van der Waals surface area (Å²) < 4.78 is 12.4. The summed E-state index contributed by atoms with van der Waals surface area (Å²) in [6, 6.07) is 12.1. The van der Waals surface area contributed by atoms with Crippen LogP contribution in [0.15, 0.2) is 65.8 Å². The number of ether oxygens (including phenoxy) is 2. The highest BCUT2D eigenvalue weighted by molar-refractivity contribution is 5.94. The summed E-state index contributed by atoms with van der Waals surface area (Å²) in [4.78, 5) is 69.1. The molecule has 3 unspecified atom stereocenters. The van der Waals surface area contributed by atoms with Crippen LogP contribution in [0.5, 0.6) is 0 Å². The van der Waals surface area contributed by atoms with Crippen LogP contribution in [0.1, 0.15) is 84.0 Å². The standard InChI is InChI=1S/C43H55N7O6.C8H11NO/c1-9-17-45-36(30(4)55-8)23-39-35(24-43(5,6)25-56-28-52)34-22-33(15-16-38(34)49(39)26-44)32-14-12-13-31(20-32)21-37(42(54)50-19-11-10-18-46-50)47-41(53)40(29(2)3)48(7)27-51;1-2-5-8(10)9-6-3-4-7-9/h9,12-17,20,22-23,27-30,37,40,46H,1,10-11,18-19,21,24-25H2,2-8H3,(H,47,53);3-4,6-7H2,1H3/b36-23+,45-17?;. The summed E-state index contributed by atoms with van der Waals surface area (Å²) in [7, 11) is 3.15. The zero-order valence-electron chi connectivity index (χ0n) is 39.8. The van der Waals surface area contributed by atoms with Crippen molar-refractivity contribution in [3.8, 4) is 29.2 Å². The van der Waals surface area contributed by atoms with Gasteiger partial charge in [-0.05, 0) is 98.3 Å². The average Bonchev–Trinajstić information content (AvgIpc) is 3.96. The monoisotopic (exact) mass is 903 g/mol. The fourth-order valence-electron chi connectivity index (χ4n) is 8.21. The first-order valence-electron chi connectivity index (χ1n) is 22.5. The molecular weight excluding hydrogens is 837 g/mol. The lowest BCUT2D eigenvalue weighted by Gasteiger charge is -2.33. The molecule has 0 saturated carbocycles. The van der Waals surface area contributed by atoms with E-state index in [1.54, 1.807) is 47.8 Å². The van der Waals surface area contributed by atoms with Gasteiger partial charge in [0.1, 0.15) is 12.1 Å². The van der Waals surface area contributed by atoms with Crippen molar-refractivity contribution in [1.29, 1.82) is 5.26 Å². The number of methoxy groups -OCH3 is 1. The second-order valence-electron chi connectivity index (χ2n) is 17.6. The third-order valence-electron chi connectivity index (χ3n) is 11.6. The number of likely N-dealkylation sites (tertiary alicyclic amines) is 1. The fraction of sp³-hybridized carbons (Fsp3) is 0.471. The number of nitrogens with zero attached hydrogens (tertiary/aromatic N) is 6. The van der Waals surface area contributed by atoms with E-state index in [0.29, 0.717) is 49.3 Å². The lowest BCUT2D eigenvalue weighted by molar-refractivity contribution is -0.142. The summed E-state index contributed by atoms with van der Waals surface area (Å²) in [5.41, 5.74) is 8.05. The number of aliphatic imine (C=N–C) groups is 1. The average molecular weight is 903 g/mol. The minimum atomic E-state index is -0.888. The largest absolute Gasteiger partial charge is 0.467 e. The van der Waals surface area contributed by atoms with Gasteiger partial charge in [0.25, 0.3) is 18.3 Å². The van der Waals surface area contributed by atoms with Crippen molar-refractivity contribution in [3.63, 3.8) is 0 Å². The van der Waals surface area contributed by atoms with Gasteiger partial charge in [0.15, 0.2) is 6.19 Å². The second kappa shape index (κ2) is 25.2. The third-order valence-corrected chi connectivity index (χ3v) is 11.6. The SMILES string of the molecule is C=CC=N/C(=C/c1c(CC(C)(C)COC=O)c2cc(-c3cccc(CC(NC(=O)C(C(C)C)N(C)C=O)C(=O)N4CCCCN4)c3)ccc2n1C#N)C(C)OC.CC#CC(=O)N1CCCC1. The first kappa shape index (κ1) is 52.1. The first-order chi connectivity index (χ1) is 31.6. The Balaban J connectivity index is 0.000000839. The molecule has 2 aromatic carbocycles. The molecule has 3 atom stereocenters. The smallest absolute Gasteiger partial charge is 0.298 e.